The fourth-order valence-electron chi connectivity index (χ4n) is 3.03. The quantitative estimate of drug-likeness (QED) is 0.255. The van der Waals surface area contributed by atoms with Gasteiger partial charge in [0.15, 0.2) is 0 Å². The van der Waals surface area contributed by atoms with Gasteiger partial charge >= 0.3 is 6.01 Å². The number of carbonyl (C=O) groups is 3. The predicted molar refractivity (Wildman–Crippen MR) is 116 cm³/mol. The van der Waals surface area contributed by atoms with Crippen LogP contribution in [0.5, 0.6) is 6.01 Å². The molecule has 0 fully saturated rings. The summed E-state index contributed by atoms with van der Waals surface area (Å²) in [6, 6.07) is 8.95. The first kappa shape index (κ1) is 23.8. The summed E-state index contributed by atoms with van der Waals surface area (Å²) in [4.78, 5) is 43.7. The van der Waals surface area contributed by atoms with E-state index in [1.54, 1.807) is 30.5 Å². The Bertz CT molecular complexity index is 874. The lowest BCUT2D eigenvalue weighted by Gasteiger charge is -2.16. The Morgan fingerprint density at radius 3 is 2.77 bits per heavy atom. The zero-order valence-corrected chi connectivity index (χ0v) is 17.9. The van der Waals surface area contributed by atoms with Gasteiger partial charge in [0.25, 0.3) is 5.91 Å². The van der Waals surface area contributed by atoms with Crippen molar-refractivity contribution in [1.29, 1.82) is 0 Å². The SMILES string of the molecule is CCCCC[C@H](CNC=O)C(=O)NCNC(=O)c1cccc(-c2ccnc(OC)n2)c1. The van der Waals surface area contributed by atoms with Crippen molar-refractivity contribution in [3.63, 3.8) is 0 Å². The van der Waals surface area contributed by atoms with Crippen LogP contribution in [0.4, 0.5) is 0 Å². The summed E-state index contributed by atoms with van der Waals surface area (Å²) in [6.07, 6.45) is 5.82. The summed E-state index contributed by atoms with van der Waals surface area (Å²) in [7, 11) is 1.49. The largest absolute Gasteiger partial charge is 0.467 e. The second kappa shape index (κ2) is 12.9. The van der Waals surface area contributed by atoms with Crippen molar-refractivity contribution in [2.75, 3.05) is 20.3 Å². The molecule has 3 N–H and O–H groups in total. The van der Waals surface area contributed by atoms with Crippen molar-refractivity contribution in [2.24, 2.45) is 5.92 Å². The summed E-state index contributed by atoms with van der Waals surface area (Å²) >= 11 is 0. The van der Waals surface area contributed by atoms with Gasteiger partial charge in [0.05, 0.1) is 25.4 Å². The molecule has 1 aromatic carbocycles. The minimum atomic E-state index is -0.329. The fraction of sp³-hybridized carbons (Fsp3) is 0.409. The van der Waals surface area contributed by atoms with Gasteiger partial charge in [-0.2, -0.15) is 4.98 Å². The Morgan fingerprint density at radius 1 is 1.19 bits per heavy atom. The molecule has 0 spiro atoms. The van der Waals surface area contributed by atoms with Crippen LogP contribution in [0.1, 0.15) is 43.0 Å². The first-order valence-corrected chi connectivity index (χ1v) is 10.3. The van der Waals surface area contributed by atoms with E-state index < -0.39 is 0 Å². The Kier molecular flexibility index (Phi) is 9.93. The molecule has 0 bridgehead atoms. The molecule has 3 amide bonds. The summed E-state index contributed by atoms with van der Waals surface area (Å²) in [5.74, 6) is -0.853. The minimum absolute atomic E-state index is 0.00537. The molecular weight excluding hydrogens is 398 g/mol. The number of benzene rings is 1. The van der Waals surface area contributed by atoms with Gasteiger partial charge in [-0.1, -0.05) is 38.3 Å². The predicted octanol–water partition coefficient (Wildman–Crippen LogP) is 1.90. The number of hydrogen-bond donors (Lipinski definition) is 3. The maximum atomic E-state index is 12.5. The smallest absolute Gasteiger partial charge is 0.316 e. The van der Waals surface area contributed by atoms with Gasteiger partial charge in [-0.3, -0.25) is 14.4 Å². The van der Waals surface area contributed by atoms with Crippen molar-refractivity contribution >= 4 is 18.2 Å². The van der Waals surface area contributed by atoms with E-state index in [9.17, 15) is 14.4 Å². The van der Waals surface area contributed by atoms with Crippen LogP contribution in [-0.2, 0) is 9.59 Å². The van der Waals surface area contributed by atoms with Crippen LogP contribution in [0.3, 0.4) is 0 Å². The molecule has 1 atom stereocenters. The Hall–Kier alpha value is -3.49. The molecule has 2 aromatic rings. The standard InChI is InChI=1S/C22H29N5O4/c1-3-4-5-7-18(13-23-15-28)21(30)26-14-25-20(29)17-9-6-8-16(12-17)19-10-11-24-22(27-19)31-2/h6,8-12,15,18H,3-5,7,13-14H2,1-2H3,(H,23,28)(H,25,29)(H,26,30)/t18-/m1/s1. The zero-order valence-electron chi connectivity index (χ0n) is 17.9. The molecule has 9 nitrogen and oxygen atoms in total. The van der Waals surface area contributed by atoms with Gasteiger partial charge in [-0.25, -0.2) is 4.98 Å². The second-order valence-electron chi connectivity index (χ2n) is 6.95. The number of nitrogens with zero attached hydrogens (tertiary/aromatic N) is 2. The normalized spacial score (nSPS) is 11.3. The van der Waals surface area contributed by atoms with E-state index in [1.807, 2.05) is 6.07 Å². The highest BCUT2D eigenvalue weighted by atomic mass is 16.5. The molecule has 0 radical (unpaired) electrons. The highest BCUT2D eigenvalue weighted by Crippen LogP contribution is 2.19. The molecule has 9 heteroatoms. The van der Waals surface area contributed by atoms with Crippen LogP contribution in [-0.4, -0.2) is 48.5 Å². The fourth-order valence-corrected chi connectivity index (χ4v) is 3.03. The number of unbranched alkanes of at least 4 members (excludes halogenated alkanes) is 2. The second-order valence-corrected chi connectivity index (χ2v) is 6.95. The lowest BCUT2D eigenvalue weighted by atomic mass is 10.0. The zero-order chi connectivity index (χ0) is 22.5. The van der Waals surface area contributed by atoms with Crippen LogP contribution in [0.2, 0.25) is 0 Å². The van der Waals surface area contributed by atoms with E-state index >= 15 is 0 Å². The lowest BCUT2D eigenvalue weighted by Crippen LogP contribution is -2.42. The first-order chi connectivity index (χ1) is 15.1. The van der Waals surface area contributed by atoms with Gasteiger partial charge in [0, 0.05) is 23.9 Å². The first-order valence-electron chi connectivity index (χ1n) is 10.3. The van der Waals surface area contributed by atoms with Crippen LogP contribution in [0.15, 0.2) is 36.5 Å². The van der Waals surface area contributed by atoms with Crippen LogP contribution >= 0.6 is 0 Å². The number of rotatable bonds is 13. The molecule has 1 heterocycles. The van der Waals surface area contributed by atoms with E-state index in [0.717, 1.165) is 24.8 Å². The van der Waals surface area contributed by atoms with Crippen LogP contribution < -0.4 is 20.7 Å². The number of hydrogen-bond acceptors (Lipinski definition) is 6. The third-order valence-corrected chi connectivity index (χ3v) is 4.72. The molecule has 31 heavy (non-hydrogen) atoms. The van der Waals surface area contributed by atoms with E-state index in [0.29, 0.717) is 24.1 Å². The van der Waals surface area contributed by atoms with Gasteiger partial charge in [-0.05, 0) is 24.6 Å². The molecule has 2 rings (SSSR count). The van der Waals surface area contributed by atoms with E-state index in [4.69, 9.17) is 4.74 Å². The molecule has 0 aliphatic heterocycles. The summed E-state index contributed by atoms with van der Waals surface area (Å²) in [5.41, 5.74) is 1.81. The summed E-state index contributed by atoms with van der Waals surface area (Å²) in [5, 5.41) is 7.97. The monoisotopic (exact) mass is 427 g/mol. The van der Waals surface area contributed by atoms with Gasteiger partial charge < -0.3 is 20.7 Å². The number of methoxy groups -OCH3 is 1. The molecule has 0 aliphatic carbocycles. The maximum absolute atomic E-state index is 12.5. The number of nitrogens with one attached hydrogen (secondary N) is 3. The van der Waals surface area contributed by atoms with E-state index in [1.165, 1.54) is 7.11 Å². The van der Waals surface area contributed by atoms with Crippen molar-refractivity contribution in [3.05, 3.63) is 42.1 Å². The molecule has 1 aromatic heterocycles. The molecule has 0 aliphatic rings. The van der Waals surface area contributed by atoms with Crippen molar-refractivity contribution < 1.29 is 19.1 Å². The highest BCUT2D eigenvalue weighted by molar-refractivity contribution is 5.95. The van der Waals surface area contributed by atoms with Crippen LogP contribution in [0.25, 0.3) is 11.3 Å². The van der Waals surface area contributed by atoms with Gasteiger partial charge in [0.1, 0.15) is 0 Å². The average Bonchev–Trinajstić information content (AvgIpc) is 2.81. The molecule has 0 unspecified atom stereocenters. The average molecular weight is 428 g/mol. The van der Waals surface area contributed by atoms with Crippen molar-refractivity contribution in [2.45, 2.75) is 32.6 Å². The Morgan fingerprint density at radius 2 is 2.03 bits per heavy atom. The number of aromatic nitrogens is 2. The molecule has 166 valence electrons. The summed E-state index contributed by atoms with van der Waals surface area (Å²) in [6.45, 7) is 2.36. The van der Waals surface area contributed by atoms with Gasteiger partial charge in [0.2, 0.25) is 12.3 Å². The molecule has 0 saturated heterocycles. The van der Waals surface area contributed by atoms with Gasteiger partial charge in [-0.15, -0.1) is 0 Å². The number of carbonyl (C=O) groups excluding carboxylic acids is 3. The Labute approximate surface area is 182 Å². The number of ether oxygens (including phenoxy) is 1. The maximum Gasteiger partial charge on any atom is 0.316 e. The van der Waals surface area contributed by atoms with E-state index in [-0.39, 0.29) is 37.0 Å². The summed E-state index contributed by atoms with van der Waals surface area (Å²) < 4.78 is 5.04. The van der Waals surface area contributed by atoms with Crippen LogP contribution in [0, 0.1) is 5.92 Å². The third-order valence-electron chi connectivity index (χ3n) is 4.72. The minimum Gasteiger partial charge on any atom is -0.467 e. The van der Waals surface area contributed by atoms with E-state index in [2.05, 4.69) is 32.8 Å². The lowest BCUT2D eigenvalue weighted by molar-refractivity contribution is -0.125. The van der Waals surface area contributed by atoms with Crippen molar-refractivity contribution in [1.82, 2.24) is 25.9 Å². The van der Waals surface area contributed by atoms with Crippen molar-refractivity contribution in [3.8, 4) is 17.3 Å². The number of amides is 3. The molecular formula is C22H29N5O4. The highest BCUT2D eigenvalue weighted by Gasteiger charge is 2.17. The third kappa shape index (κ3) is 7.69. The topological polar surface area (TPSA) is 122 Å². The Balaban J connectivity index is 1.92. The molecule has 0 saturated carbocycles.